The molecular weight excluding hydrogens is 297 g/mol. The molecule has 0 saturated heterocycles. The number of halogens is 3. The maximum Gasteiger partial charge on any atom is 0.417 e. The Morgan fingerprint density at radius 3 is 2.67 bits per heavy atom. The molecule has 2 nitrogen and oxygen atoms in total. The molecule has 0 saturated carbocycles. The highest BCUT2D eigenvalue weighted by atomic mass is 32.1. The van der Waals surface area contributed by atoms with Crippen LogP contribution in [0.15, 0.2) is 36.7 Å². The van der Waals surface area contributed by atoms with Gasteiger partial charge in [-0.2, -0.15) is 13.2 Å². The second-order valence-electron chi connectivity index (χ2n) is 4.84. The summed E-state index contributed by atoms with van der Waals surface area (Å²) in [6.45, 7) is 0. The molecule has 0 atom stereocenters. The molecule has 21 heavy (non-hydrogen) atoms. The molecule has 0 amide bonds. The summed E-state index contributed by atoms with van der Waals surface area (Å²) < 4.78 is 40.0. The average molecular weight is 308 g/mol. The molecule has 0 radical (unpaired) electrons. The summed E-state index contributed by atoms with van der Waals surface area (Å²) in [5.41, 5.74) is 1.23. The Bertz CT molecular complexity index is 696. The summed E-state index contributed by atoms with van der Waals surface area (Å²) in [5.74, 6) is 0. The predicted molar refractivity (Wildman–Crippen MR) is 79.2 cm³/mol. The molecule has 2 aromatic rings. The molecule has 1 aromatic heterocycles. The molecule has 1 aromatic carbocycles. The maximum atomic E-state index is 13.3. The lowest BCUT2D eigenvalue weighted by Gasteiger charge is -2.23. The zero-order valence-electron chi connectivity index (χ0n) is 10.9. The van der Waals surface area contributed by atoms with E-state index < -0.39 is 11.7 Å². The van der Waals surface area contributed by atoms with Crippen molar-refractivity contribution >= 4 is 22.9 Å². The number of fused-ring (bicyclic) bond motifs is 1. The number of hydrogen-bond acceptors (Lipinski definition) is 2. The Morgan fingerprint density at radius 1 is 1.19 bits per heavy atom. The molecule has 1 aliphatic heterocycles. The normalized spacial score (nSPS) is 14.5. The van der Waals surface area contributed by atoms with Crippen LogP contribution in [0, 0.1) is 0 Å². The molecule has 0 bridgehead atoms. The Kier molecular flexibility index (Phi) is 3.41. The minimum atomic E-state index is -4.43. The molecule has 0 spiro atoms. The van der Waals surface area contributed by atoms with Gasteiger partial charge in [0.1, 0.15) is 0 Å². The average Bonchev–Trinajstić information content (AvgIpc) is 2.46. The van der Waals surface area contributed by atoms with Crippen molar-refractivity contribution in [2.75, 3.05) is 5.32 Å². The van der Waals surface area contributed by atoms with Gasteiger partial charge in [-0.25, -0.2) is 0 Å². The summed E-state index contributed by atoms with van der Waals surface area (Å²) in [6.07, 6.45) is -0.152. The largest absolute Gasteiger partial charge is 0.417 e. The van der Waals surface area contributed by atoms with Crippen LogP contribution in [0.4, 0.5) is 18.9 Å². The van der Waals surface area contributed by atoms with E-state index in [0.717, 1.165) is 11.6 Å². The van der Waals surface area contributed by atoms with Crippen molar-refractivity contribution in [2.45, 2.75) is 19.0 Å². The first kappa shape index (κ1) is 14.0. The number of aromatic nitrogens is 1. The Hall–Kier alpha value is -1.95. The first-order chi connectivity index (χ1) is 9.95. The molecule has 108 valence electrons. The van der Waals surface area contributed by atoms with Gasteiger partial charge in [-0.3, -0.25) is 4.98 Å². The molecule has 0 aliphatic carbocycles. The smallest absolute Gasteiger partial charge is 0.350 e. The van der Waals surface area contributed by atoms with Gasteiger partial charge in [0.05, 0.1) is 10.6 Å². The van der Waals surface area contributed by atoms with E-state index in [0.29, 0.717) is 29.1 Å². The Morgan fingerprint density at radius 2 is 2.00 bits per heavy atom. The van der Waals surface area contributed by atoms with Crippen molar-refractivity contribution in [3.05, 3.63) is 47.8 Å². The van der Waals surface area contributed by atoms with Crippen molar-refractivity contribution in [1.82, 2.24) is 4.98 Å². The lowest BCUT2D eigenvalue weighted by Crippen LogP contribution is -2.19. The highest BCUT2D eigenvalue weighted by Crippen LogP contribution is 2.41. The van der Waals surface area contributed by atoms with E-state index in [2.05, 4.69) is 10.3 Å². The van der Waals surface area contributed by atoms with E-state index in [-0.39, 0.29) is 5.56 Å². The van der Waals surface area contributed by atoms with Crippen molar-refractivity contribution < 1.29 is 13.2 Å². The van der Waals surface area contributed by atoms with Crippen LogP contribution in [0.2, 0.25) is 0 Å². The van der Waals surface area contributed by atoms with Gasteiger partial charge < -0.3 is 5.32 Å². The maximum absolute atomic E-state index is 13.3. The standard InChI is InChI=1S/C15H11F3N2S/c16-15(17,18)12-7-13-9(3-4-14(21)20-13)6-11(12)10-2-1-5-19-8-10/h1-2,5-8H,3-4H2,(H,20,21). The van der Waals surface area contributed by atoms with E-state index in [1.165, 1.54) is 12.4 Å². The second kappa shape index (κ2) is 5.11. The third-order valence-electron chi connectivity index (χ3n) is 3.42. The van der Waals surface area contributed by atoms with Crippen molar-refractivity contribution in [2.24, 2.45) is 0 Å². The van der Waals surface area contributed by atoms with Gasteiger partial charge >= 0.3 is 6.18 Å². The Balaban J connectivity index is 2.21. The third-order valence-corrected chi connectivity index (χ3v) is 3.72. The summed E-state index contributed by atoms with van der Waals surface area (Å²) in [6, 6.07) is 5.99. The van der Waals surface area contributed by atoms with Crippen LogP contribution in [0.3, 0.4) is 0 Å². The lowest BCUT2D eigenvalue weighted by molar-refractivity contribution is -0.137. The van der Waals surface area contributed by atoms with Crippen LogP contribution in [0.25, 0.3) is 11.1 Å². The number of nitrogens with zero attached hydrogens (tertiary/aromatic N) is 1. The summed E-state index contributed by atoms with van der Waals surface area (Å²) >= 11 is 5.04. The number of anilines is 1. The van der Waals surface area contributed by atoms with Crippen LogP contribution < -0.4 is 5.32 Å². The van der Waals surface area contributed by atoms with Crippen molar-refractivity contribution in [3.8, 4) is 11.1 Å². The second-order valence-corrected chi connectivity index (χ2v) is 5.34. The van der Waals surface area contributed by atoms with Gasteiger partial charge in [-0.15, -0.1) is 0 Å². The van der Waals surface area contributed by atoms with Crippen LogP contribution >= 0.6 is 12.2 Å². The first-order valence-corrected chi connectivity index (χ1v) is 6.80. The number of aryl methyl sites for hydroxylation is 1. The number of benzene rings is 1. The van der Waals surface area contributed by atoms with E-state index in [4.69, 9.17) is 12.2 Å². The van der Waals surface area contributed by atoms with Gasteiger partial charge in [0.15, 0.2) is 0 Å². The van der Waals surface area contributed by atoms with Gasteiger partial charge in [-0.05, 0) is 35.7 Å². The van der Waals surface area contributed by atoms with Crippen LogP contribution in [0.1, 0.15) is 17.5 Å². The Labute approximate surface area is 125 Å². The summed E-state index contributed by atoms with van der Waals surface area (Å²) in [7, 11) is 0. The number of hydrogen-bond donors (Lipinski definition) is 1. The number of rotatable bonds is 1. The highest BCUT2D eigenvalue weighted by molar-refractivity contribution is 7.80. The minimum Gasteiger partial charge on any atom is -0.350 e. The quantitative estimate of drug-likeness (QED) is 0.788. The molecule has 1 N–H and O–H groups in total. The SMILES string of the molecule is FC(F)(F)c1cc2c(cc1-c1cccnc1)CCC(=S)N2. The summed E-state index contributed by atoms with van der Waals surface area (Å²) in [4.78, 5) is 4.48. The zero-order chi connectivity index (χ0) is 15.0. The molecule has 1 aliphatic rings. The van der Waals surface area contributed by atoms with E-state index >= 15 is 0 Å². The monoisotopic (exact) mass is 308 g/mol. The fourth-order valence-corrected chi connectivity index (χ4v) is 2.64. The van der Waals surface area contributed by atoms with Crippen LogP contribution in [-0.4, -0.2) is 9.97 Å². The topological polar surface area (TPSA) is 24.9 Å². The minimum absolute atomic E-state index is 0.156. The number of thiocarbonyl (C=S) groups is 1. The predicted octanol–water partition coefficient (Wildman–Crippen LogP) is 4.45. The molecule has 0 unspecified atom stereocenters. The van der Waals surface area contributed by atoms with E-state index in [1.54, 1.807) is 18.2 Å². The number of nitrogens with one attached hydrogen (secondary N) is 1. The fraction of sp³-hybridized carbons (Fsp3) is 0.200. The van der Waals surface area contributed by atoms with Crippen LogP contribution in [0.5, 0.6) is 0 Å². The molecule has 2 heterocycles. The fourth-order valence-electron chi connectivity index (χ4n) is 2.42. The third kappa shape index (κ3) is 2.76. The van der Waals surface area contributed by atoms with Gasteiger partial charge in [0, 0.05) is 30.1 Å². The van der Waals surface area contributed by atoms with Gasteiger partial charge in [0.25, 0.3) is 0 Å². The molecular formula is C15H11F3N2S. The molecule has 3 rings (SSSR count). The van der Waals surface area contributed by atoms with Gasteiger partial charge in [-0.1, -0.05) is 18.3 Å². The molecule has 6 heteroatoms. The van der Waals surface area contributed by atoms with Crippen LogP contribution in [-0.2, 0) is 12.6 Å². The zero-order valence-corrected chi connectivity index (χ0v) is 11.7. The highest BCUT2D eigenvalue weighted by Gasteiger charge is 2.35. The van der Waals surface area contributed by atoms with Crippen molar-refractivity contribution in [1.29, 1.82) is 0 Å². The number of pyridine rings is 1. The molecule has 0 fully saturated rings. The van der Waals surface area contributed by atoms with E-state index in [1.807, 2.05) is 0 Å². The first-order valence-electron chi connectivity index (χ1n) is 6.39. The van der Waals surface area contributed by atoms with E-state index in [9.17, 15) is 13.2 Å². The lowest BCUT2D eigenvalue weighted by atomic mass is 9.93. The number of alkyl halides is 3. The summed E-state index contributed by atoms with van der Waals surface area (Å²) in [5, 5.41) is 2.87. The van der Waals surface area contributed by atoms with Crippen molar-refractivity contribution in [3.63, 3.8) is 0 Å². The van der Waals surface area contributed by atoms with Gasteiger partial charge in [0.2, 0.25) is 0 Å².